The molecule has 4 atom stereocenters. The fraction of sp³-hybridized carbons (Fsp3) is 0.520. The number of fused-ring (bicyclic) bond motifs is 1. The Morgan fingerprint density at radius 3 is 2.43 bits per heavy atom. The van der Waals surface area contributed by atoms with E-state index in [-0.39, 0.29) is 30.7 Å². The van der Waals surface area contributed by atoms with Gasteiger partial charge in [0.2, 0.25) is 17.7 Å². The Bertz CT molecular complexity index is 1060. The van der Waals surface area contributed by atoms with E-state index in [0.717, 1.165) is 29.4 Å². The van der Waals surface area contributed by atoms with E-state index in [1.807, 2.05) is 44.3 Å². The fourth-order valence-electron chi connectivity index (χ4n) is 4.28. The Morgan fingerprint density at radius 2 is 1.77 bits per heavy atom. The molecule has 1 aromatic carbocycles. The lowest BCUT2D eigenvalue weighted by Crippen LogP contribution is -2.56. The van der Waals surface area contributed by atoms with Crippen LogP contribution < -0.4 is 21.3 Å². The molecular formula is C25H35N5O5. The second kappa shape index (κ2) is 11.8. The Balaban J connectivity index is 1.71. The summed E-state index contributed by atoms with van der Waals surface area (Å²) < 4.78 is 0. The molecule has 3 amide bonds. The monoisotopic (exact) mass is 485 g/mol. The summed E-state index contributed by atoms with van der Waals surface area (Å²) in [6.45, 7) is 5.97. The van der Waals surface area contributed by atoms with Crippen LogP contribution in [0.5, 0.6) is 0 Å². The van der Waals surface area contributed by atoms with E-state index in [0.29, 0.717) is 6.42 Å². The molecule has 6 N–H and O–H groups in total. The average molecular weight is 486 g/mol. The number of amides is 3. The Kier molecular flexibility index (Phi) is 8.86. The molecule has 2 heterocycles. The molecule has 0 aliphatic carbocycles. The Labute approximate surface area is 204 Å². The van der Waals surface area contributed by atoms with Crippen LogP contribution in [0.4, 0.5) is 0 Å². The molecule has 190 valence electrons. The maximum atomic E-state index is 13.2. The molecular weight excluding hydrogens is 450 g/mol. The average Bonchev–Trinajstić information content (AvgIpc) is 3.48. The number of carbonyl (C=O) groups excluding carboxylic acids is 3. The minimum atomic E-state index is -1.13. The van der Waals surface area contributed by atoms with Crippen molar-refractivity contribution >= 4 is 34.6 Å². The second-order valence-corrected chi connectivity index (χ2v) is 9.53. The minimum absolute atomic E-state index is 0.0706. The van der Waals surface area contributed by atoms with E-state index in [1.165, 1.54) is 6.92 Å². The SMILES string of the molecule is CC(C)CC(NC(=O)C(C)NC(=O)C(Cc1c[nH]c2ccccc12)NC(=O)C1CCCN1)C(=O)O. The summed E-state index contributed by atoms with van der Waals surface area (Å²) in [6.07, 6.45) is 3.89. The maximum absolute atomic E-state index is 13.2. The van der Waals surface area contributed by atoms with Crippen molar-refractivity contribution in [2.45, 2.75) is 70.6 Å². The highest BCUT2D eigenvalue weighted by Crippen LogP contribution is 2.19. The summed E-state index contributed by atoms with van der Waals surface area (Å²) in [4.78, 5) is 53.3. The van der Waals surface area contributed by atoms with Crippen molar-refractivity contribution in [3.05, 3.63) is 36.0 Å². The van der Waals surface area contributed by atoms with Crippen molar-refractivity contribution < 1.29 is 24.3 Å². The summed E-state index contributed by atoms with van der Waals surface area (Å²) in [5, 5.41) is 21.4. The number of H-pyrrole nitrogens is 1. The van der Waals surface area contributed by atoms with Gasteiger partial charge in [-0.15, -0.1) is 0 Å². The smallest absolute Gasteiger partial charge is 0.326 e. The molecule has 1 aliphatic rings. The molecule has 10 nitrogen and oxygen atoms in total. The molecule has 4 unspecified atom stereocenters. The summed E-state index contributed by atoms with van der Waals surface area (Å²) in [6, 6.07) is 4.37. The zero-order valence-electron chi connectivity index (χ0n) is 20.4. The zero-order valence-corrected chi connectivity index (χ0v) is 20.4. The number of para-hydroxylation sites is 1. The van der Waals surface area contributed by atoms with Gasteiger partial charge in [0.15, 0.2) is 0 Å². The summed E-state index contributed by atoms with van der Waals surface area (Å²) in [5.74, 6) is -2.43. The van der Waals surface area contributed by atoms with Gasteiger partial charge in [-0.05, 0) is 50.3 Å². The summed E-state index contributed by atoms with van der Waals surface area (Å²) in [5.41, 5.74) is 1.78. The third-order valence-corrected chi connectivity index (χ3v) is 6.18. The fourth-order valence-corrected chi connectivity index (χ4v) is 4.28. The lowest BCUT2D eigenvalue weighted by atomic mass is 10.0. The van der Waals surface area contributed by atoms with Crippen molar-refractivity contribution in [2.24, 2.45) is 5.92 Å². The van der Waals surface area contributed by atoms with Gasteiger partial charge in [0.05, 0.1) is 6.04 Å². The van der Waals surface area contributed by atoms with Crippen LogP contribution in [0, 0.1) is 5.92 Å². The molecule has 0 spiro atoms. The van der Waals surface area contributed by atoms with Gasteiger partial charge in [0.25, 0.3) is 0 Å². The van der Waals surface area contributed by atoms with E-state index < -0.39 is 35.9 Å². The van der Waals surface area contributed by atoms with Gasteiger partial charge in [0, 0.05) is 23.5 Å². The lowest BCUT2D eigenvalue weighted by Gasteiger charge is -2.24. The number of carboxylic acid groups (broad SMARTS) is 1. The van der Waals surface area contributed by atoms with Crippen molar-refractivity contribution in [1.82, 2.24) is 26.3 Å². The number of hydrogen-bond donors (Lipinski definition) is 6. The normalized spacial score (nSPS) is 18.1. The van der Waals surface area contributed by atoms with Gasteiger partial charge in [-0.2, -0.15) is 0 Å². The van der Waals surface area contributed by atoms with Crippen molar-refractivity contribution in [1.29, 1.82) is 0 Å². The number of hydrogen-bond acceptors (Lipinski definition) is 5. The standard InChI is InChI=1S/C25H35N5O5/c1-14(2)11-21(25(34)35)30-22(31)15(3)28-24(33)20(29-23(32)19-9-6-10-26-19)12-16-13-27-18-8-5-4-7-17(16)18/h4-5,7-8,13-15,19-21,26-27H,6,9-12H2,1-3H3,(H,28,33)(H,29,32)(H,30,31)(H,34,35). The highest BCUT2D eigenvalue weighted by atomic mass is 16.4. The summed E-state index contributed by atoms with van der Waals surface area (Å²) >= 11 is 0. The third kappa shape index (κ3) is 7.05. The highest BCUT2D eigenvalue weighted by Gasteiger charge is 2.30. The first kappa shape index (κ1) is 26.2. The third-order valence-electron chi connectivity index (χ3n) is 6.18. The molecule has 1 aromatic heterocycles. The number of nitrogens with one attached hydrogen (secondary N) is 5. The molecule has 0 radical (unpaired) electrons. The van der Waals surface area contributed by atoms with Gasteiger partial charge < -0.3 is 31.4 Å². The maximum Gasteiger partial charge on any atom is 0.326 e. The Morgan fingerprint density at radius 1 is 1.03 bits per heavy atom. The number of carboxylic acids is 1. The van der Waals surface area contributed by atoms with Crippen molar-refractivity contribution in [2.75, 3.05) is 6.54 Å². The van der Waals surface area contributed by atoms with Gasteiger partial charge >= 0.3 is 5.97 Å². The molecule has 0 bridgehead atoms. The first-order valence-electron chi connectivity index (χ1n) is 12.1. The molecule has 1 fully saturated rings. The van der Waals surface area contributed by atoms with Crippen LogP contribution in [-0.4, -0.2) is 64.5 Å². The van der Waals surface area contributed by atoms with Crippen LogP contribution >= 0.6 is 0 Å². The topological polar surface area (TPSA) is 152 Å². The van der Waals surface area contributed by atoms with Gasteiger partial charge in [0.1, 0.15) is 18.1 Å². The zero-order chi connectivity index (χ0) is 25.5. The number of aliphatic carboxylic acids is 1. The summed E-state index contributed by atoms with van der Waals surface area (Å²) in [7, 11) is 0. The Hall–Kier alpha value is -3.40. The van der Waals surface area contributed by atoms with Crippen LogP contribution in [0.25, 0.3) is 10.9 Å². The molecule has 1 saturated heterocycles. The van der Waals surface area contributed by atoms with Crippen LogP contribution in [0.3, 0.4) is 0 Å². The second-order valence-electron chi connectivity index (χ2n) is 9.53. The lowest BCUT2D eigenvalue weighted by molar-refractivity contribution is -0.142. The first-order chi connectivity index (χ1) is 16.7. The number of benzene rings is 1. The molecule has 3 rings (SSSR count). The van der Waals surface area contributed by atoms with Crippen LogP contribution in [0.1, 0.15) is 45.6 Å². The van der Waals surface area contributed by atoms with Crippen molar-refractivity contribution in [3.63, 3.8) is 0 Å². The minimum Gasteiger partial charge on any atom is -0.480 e. The van der Waals surface area contributed by atoms with Crippen LogP contribution in [0.15, 0.2) is 30.5 Å². The van der Waals surface area contributed by atoms with E-state index in [9.17, 15) is 24.3 Å². The van der Waals surface area contributed by atoms with Crippen LogP contribution in [0.2, 0.25) is 0 Å². The van der Waals surface area contributed by atoms with E-state index in [2.05, 4.69) is 26.3 Å². The molecule has 35 heavy (non-hydrogen) atoms. The predicted octanol–water partition coefficient (Wildman–Crippen LogP) is 1.07. The molecule has 2 aromatic rings. The van der Waals surface area contributed by atoms with Crippen molar-refractivity contribution in [3.8, 4) is 0 Å². The predicted molar refractivity (Wildman–Crippen MR) is 132 cm³/mol. The first-order valence-corrected chi connectivity index (χ1v) is 12.1. The molecule has 0 saturated carbocycles. The van der Waals surface area contributed by atoms with Gasteiger partial charge in [-0.25, -0.2) is 4.79 Å². The van der Waals surface area contributed by atoms with Gasteiger partial charge in [-0.3, -0.25) is 14.4 Å². The number of rotatable bonds is 11. The van der Waals surface area contributed by atoms with E-state index in [4.69, 9.17) is 0 Å². The number of aromatic nitrogens is 1. The molecule has 10 heteroatoms. The van der Waals surface area contributed by atoms with Gasteiger partial charge in [-0.1, -0.05) is 32.0 Å². The molecule has 1 aliphatic heterocycles. The number of aromatic amines is 1. The quantitative estimate of drug-likeness (QED) is 0.280. The van der Waals surface area contributed by atoms with Crippen LogP contribution in [-0.2, 0) is 25.6 Å². The van der Waals surface area contributed by atoms with E-state index in [1.54, 1.807) is 0 Å². The highest BCUT2D eigenvalue weighted by molar-refractivity contribution is 5.94. The van der Waals surface area contributed by atoms with E-state index >= 15 is 0 Å². The number of carbonyl (C=O) groups is 4. The largest absolute Gasteiger partial charge is 0.480 e.